The number of aliphatic hydroxyl groups excluding tert-OH is 1. The highest BCUT2D eigenvalue weighted by atomic mass is 32.1. The maximum Gasteiger partial charge on any atom is 0.0956 e. The predicted octanol–water partition coefficient (Wildman–Crippen LogP) is 3.84. The zero-order valence-corrected chi connectivity index (χ0v) is 13.0. The van der Waals surface area contributed by atoms with Crippen LogP contribution in [0.25, 0.3) is 0 Å². The Kier molecular flexibility index (Phi) is 3.74. The van der Waals surface area contributed by atoms with Crippen molar-refractivity contribution in [2.75, 3.05) is 0 Å². The summed E-state index contributed by atoms with van der Waals surface area (Å²) in [4.78, 5) is 7.29. The summed E-state index contributed by atoms with van der Waals surface area (Å²) in [6.07, 6.45) is 3.89. The number of hydrogen-bond acceptors (Lipinski definition) is 4. The summed E-state index contributed by atoms with van der Waals surface area (Å²) in [5.74, 6) is 0.305. The second kappa shape index (κ2) is 5.35. The molecule has 0 bridgehead atoms. The Morgan fingerprint density at radius 1 is 1.47 bits per heavy atom. The van der Waals surface area contributed by atoms with E-state index in [1.807, 2.05) is 18.3 Å². The molecule has 2 aromatic heterocycles. The van der Waals surface area contributed by atoms with Gasteiger partial charge in [-0.15, -0.1) is 22.7 Å². The van der Waals surface area contributed by atoms with E-state index in [0.29, 0.717) is 12.3 Å². The summed E-state index contributed by atoms with van der Waals surface area (Å²) in [5.41, 5.74) is 2.49. The first-order valence-electron chi connectivity index (χ1n) is 6.82. The van der Waals surface area contributed by atoms with Crippen LogP contribution in [0, 0.1) is 13.8 Å². The molecule has 0 fully saturated rings. The molecular weight excluding hydrogens is 274 g/mol. The van der Waals surface area contributed by atoms with Crippen LogP contribution >= 0.6 is 22.7 Å². The van der Waals surface area contributed by atoms with E-state index in [2.05, 4.69) is 23.4 Å². The lowest BCUT2D eigenvalue weighted by Gasteiger charge is -2.26. The van der Waals surface area contributed by atoms with Gasteiger partial charge in [0.2, 0.25) is 0 Å². The molecule has 2 atom stereocenters. The summed E-state index contributed by atoms with van der Waals surface area (Å²) < 4.78 is 0. The first-order chi connectivity index (χ1) is 9.15. The Labute approximate surface area is 122 Å². The SMILES string of the molecule is Cc1nc(CC(O)C2CCCc3sccc32)sc1C. The first kappa shape index (κ1) is 13.3. The third-order valence-corrected chi connectivity index (χ3v) is 6.11. The topological polar surface area (TPSA) is 33.1 Å². The van der Waals surface area contributed by atoms with Crippen LogP contribution < -0.4 is 0 Å². The first-order valence-corrected chi connectivity index (χ1v) is 8.52. The van der Waals surface area contributed by atoms with Gasteiger partial charge in [0.1, 0.15) is 0 Å². The maximum absolute atomic E-state index is 10.6. The van der Waals surface area contributed by atoms with Gasteiger partial charge in [0.25, 0.3) is 0 Å². The molecule has 1 N–H and O–H groups in total. The Morgan fingerprint density at radius 2 is 2.32 bits per heavy atom. The molecule has 0 saturated carbocycles. The minimum absolute atomic E-state index is 0.293. The van der Waals surface area contributed by atoms with Crippen molar-refractivity contribution in [2.24, 2.45) is 0 Å². The van der Waals surface area contributed by atoms with E-state index in [9.17, 15) is 5.11 Å². The summed E-state index contributed by atoms with van der Waals surface area (Å²) in [7, 11) is 0. The van der Waals surface area contributed by atoms with Gasteiger partial charge >= 0.3 is 0 Å². The number of thiazole rings is 1. The fourth-order valence-electron chi connectivity index (χ4n) is 2.87. The average Bonchev–Trinajstić information content (AvgIpc) is 2.96. The molecule has 1 aliphatic rings. The lowest BCUT2D eigenvalue weighted by molar-refractivity contribution is 0.135. The van der Waals surface area contributed by atoms with E-state index in [4.69, 9.17) is 0 Å². The van der Waals surface area contributed by atoms with Crippen molar-refractivity contribution in [1.82, 2.24) is 4.98 Å². The van der Waals surface area contributed by atoms with Gasteiger partial charge in [-0.05, 0) is 50.1 Å². The Morgan fingerprint density at radius 3 is 3.05 bits per heavy atom. The molecule has 102 valence electrons. The Bertz CT molecular complexity index is 553. The third kappa shape index (κ3) is 2.62. The summed E-state index contributed by atoms with van der Waals surface area (Å²) in [6.45, 7) is 4.14. The van der Waals surface area contributed by atoms with Crippen LogP contribution in [0.4, 0.5) is 0 Å². The molecule has 2 nitrogen and oxygen atoms in total. The fourth-order valence-corrected chi connectivity index (χ4v) is 4.85. The summed E-state index contributed by atoms with van der Waals surface area (Å²) in [6, 6.07) is 2.20. The van der Waals surface area contributed by atoms with E-state index < -0.39 is 0 Å². The molecule has 0 spiro atoms. The standard InChI is InChI=1S/C15H19NOS2/c1-9-10(2)19-15(16-9)8-13(17)11-4-3-5-14-12(11)6-7-18-14/h6-7,11,13,17H,3-5,8H2,1-2H3. The number of aliphatic hydroxyl groups is 1. The number of aromatic nitrogens is 1. The van der Waals surface area contributed by atoms with E-state index in [0.717, 1.165) is 17.1 Å². The van der Waals surface area contributed by atoms with Crippen molar-refractivity contribution in [3.05, 3.63) is 37.5 Å². The van der Waals surface area contributed by atoms with E-state index in [1.54, 1.807) is 11.3 Å². The monoisotopic (exact) mass is 293 g/mol. The quantitative estimate of drug-likeness (QED) is 0.932. The minimum atomic E-state index is -0.293. The van der Waals surface area contributed by atoms with Gasteiger partial charge in [-0.2, -0.15) is 0 Å². The molecule has 1 aliphatic carbocycles. The van der Waals surface area contributed by atoms with Crippen LogP contribution in [0.3, 0.4) is 0 Å². The van der Waals surface area contributed by atoms with Crippen LogP contribution in [0.2, 0.25) is 0 Å². The van der Waals surface area contributed by atoms with Crippen molar-refractivity contribution >= 4 is 22.7 Å². The van der Waals surface area contributed by atoms with E-state index in [-0.39, 0.29) is 6.10 Å². The molecule has 0 amide bonds. The molecule has 2 aromatic rings. The molecule has 19 heavy (non-hydrogen) atoms. The minimum Gasteiger partial charge on any atom is -0.392 e. The van der Waals surface area contributed by atoms with Gasteiger partial charge < -0.3 is 5.11 Å². The lowest BCUT2D eigenvalue weighted by atomic mass is 9.83. The van der Waals surface area contributed by atoms with Gasteiger partial charge in [0, 0.05) is 22.1 Å². The molecule has 3 rings (SSSR count). The number of nitrogens with zero attached hydrogens (tertiary/aromatic N) is 1. The highest BCUT2D eigenvalue weighted by Crippen LogP contribution is 2.38. The Balaban J connectivity index is 1.77. The molecule has 2 unspecified atom stereocenters. The smallest absolute Gasteiger partial charge is 0.0956 e. The number of aryl methyl sites for hydroxylation is 3. The average molecular weight is 293 g/mol. The van der Waals surface area contributed by atoms with Crippen LogP contribution in [0.5, 0.6) is 0 Å². The van der Waals surface area contributed by atoms with Gasteiger partial charge in [-0.3, -0.25) is 0 Å². The van der Waals surface area contributed by atoms with E-state index >= 15 is 0 Å². The van der Waals surface area contributed by atoms with Gasteiger partial charge in [-0.25, -0.2) is 4.98 Å². The number of rotatable bonds is 3. The van der Waals surface area contributed by atoms with Crippen LogP contribution in [-0.4, -0.2) is 16.2 Å². The second-order valence-electron chi connectivity index (χ2n) is 5.32. The number of hydrogen-bond donors (Lipinski definition) is 1. The second-order valence-corrected chi connectivity index (χ2v) is 7.61. The van der Waals surface area contributed by atoms with Crippen molar-refractivity contribution in [2.45, 2.75) is 51.6 Å². The predicted molar refractivity (Wildman–Crippen MR) is 81.3 cm³/mol. The van der Waals surface area contributed by atoms with Crippen molar-refractivity contribution in [3.63, 3.8) is 0 Å². The highest BCUT2D eigenvalue weighted by Gasteiger charge is 2.28. The Hall–Kier alpha value is -0.710. The normalized spacial score (nSPS) is 20.3. The molecule has 0 aromatic carbocycles. The summed E-state index contributed by atoms with van der Waals surface area (Å²) >= 11 is 3.56. The lowest BCUT2D eigenvalue weighted by Crippen LogP contribution is -2.24. The van der Waals surface area contributed by atoms with Crippen LogP contribution in [0.15, 0.2) is 11.4 Å². The third-order valence-electron chi connectivity index (χ3n) is 4.02. The maximum atomic E-state index is 10.6. The van der Waals surface area contributed by atoms with Gasteiger partial charge in [0.05, 0.1) is 16.8 Å². The molecule has 0 radical (unpaired) electrons. The highest BCUT2D eigenvalue weighted by molar-refractivity contribution is 7.11. The van der Waals surface area contributed by atoms with Crippen molar-refractivity contribution in [3.8, 4) is 0 Å². The molecule has 4 heteroatoms. The van der Waals surface area contributed by atoms with Crippen molar-refractivity contribution in [1.29, 1.82) is 0 Å². The molecule has 2 heterocycles. The molecule has 0 saturated heterocycles. The zero-order valence-electron chi connectivity index (χ0n) is 11.3. The molecular formula is C15H19NOS2. The van der Waals surface area contributed by atoms with Crippen LogP contribution in [0.1, 0.15) is 44.8 Å². The van der Waals surface area contributed by atoms with Crippen LogP contribution in [-0.2, 0) is 12.8 Å². The number of fused-ring (bicyclic) bond motifs is 1. The summed E-state index contributed by atoms with van der Waals surface area (Å²) in [5, 5.41) is 13.8. The number of thiophene rings is 1. The zero-order chi connectivity index (χ0) is 13.4. The van der Waals surface area contributed by atoms with Crippen molar-refractivity contribution < 1.29 is 5.11 Å². The molecule has 0 aliphatic heterocycles. The van der Waals surface area contributed by atoms with Gasteiger partial charge in [0.15, 0.2) is 0 Å². The van der Waals surface area contributed by atoms with E-state index in [1.165, 1.54) is 28.2 Å². The fraction of sp³-hybridized carbons (Fsp3) is 0.533. The largest absolute Gasteiger partial charge is 0.392 e. The van der Waals surface area contributed by atoms with Gasteiger partial charge in [-0.1, -0.05) is 0 Å².